The van der Waals surface area contributed by atoms with Crippen LogP contribution in [0.15, 0.2) is 29.4 Å². The second-order valence-electron chi connectivity index (χ2n) is 4.73. The molecule has 118 valence electrons. The van der Waals surface area contributed by atoms with Gasteiger partial charge in [0.25, 0.3) is 0 Å². The Hall–Kier alpha value is -1.73. The van der Waals surface area contributed by atoms with Crippen LogP contribution in [0, 0.1) is 0 Å². The molecule has 0 fully saturated rings. The number of aromatic nitrogens is 3. The van der Waals surface area contributed by atoms with E-state index in [2.05, 4.69) is 15.5 Å². The second-order valence-corrected chi connectivity index (χ2v) is 6.48. The average Bonchev–Trinajstić information content (AvgIpc) is 2.86. The number of thioether (sulfide) groups is 1. The maximum atomic E-state index is 11.9. The third kappa shape index (κ3) is 3.92. The Labute approximate surface area is 138 Å². The van der Waals surface area contributed by atoms with Crippen LogP contribution in [0.3, 0.4) is 0 Å². The van der Waals surface area contributed by atoms with Crippen LogP contribution in [0.5, 0.6) is 0 Å². The topological polar surface area (TPSA) is 85.8 Å². The lowest BCUT2D eigenvalue weighted by Gasteiger charge is -2.10. The molecule has 0 saturated heterocycles. The smallest absolute Gasteiger partial charge is 0.233 e. The van der Waals surface area contributed by atoms with Crippen molar-refractivity contribution in [3.8, 4) is 11.4 Å². The molecule has 22 heavy (non-hydrogen) atoms. The van der Waals surface area contributed by atoms with Crippen LogP contribution < -0.4 is 11.2 Å². The first-order valence-electron chi connectivity index (χ1n) is 6.93. The van der Waals surface area contributed by atoms with Crippen LogP contribution >= 0.6 is 23.4 Å². The lowest BCUT2D eigenvalue weighted by Crippen LogP contribution is -2.31. The minimum atomic E-state index is -0.295. The Kier molecular flexibility index (Phi) is 5.68. The van der Waals surface area contributed by atoms with Crippen molar-refractivity contribution in [2.24, 2.45) is 0 Å². The van der Waals surface area contributed by atoms with Crippen LogP contribution in [-0.2, 0) is 4.79 Å². The van der Waals surface area contributed by atoms with E-state index in [0.717, 1.165) is 12.0 Å². The molecule has 0 aliphatic rings. The summed E-state index contributed by atoms with van der Waals surface area (Å²) >= 11 is 7.14. The minimum Gasteiger partial charge on any atom is -0.355 e. The van der Waals surface area contributed by atoms with Gasteiger partial charge in [-0.1, -0.05) is 30.3 Å². The molecule has 0 saturated carbocycles. The Morgan fingerprint density at radius 2 is 2.09 bits per heavy atom. The molecule has 0 aliphatic carbocycles. The predicted molar refractivity (Wildman–Crippen MR) is 89.2 cm³/mol. The van der Waals surface area contributed by atoms with Crippen LogP contribution in [0.2, 0.25) is 5.02 Å². The van der Waals surface area contributed by atoms with E-state index in [-0.39, 0.29) is 11.2 Å². The molecule has 1 unspecified atom stereocenters. The SMILES string of the molecule is CCCNC(=O)C(C)Sc1nnc(-c2ccc(Cl)cc2)n1N. The first kappa shape index (κ1) is 16.6. The summed E-state index contributed by atoms with van der Waals surface area (Å²) in [4.78, 5) is 11.9. The molecule has 1 aromatic heterocycles. The first-order valence-corrected chi connectivity index (χ1v) is 8.19. The molecule has 1 amide bonds. The summed E-state index contributed by atoms with van der Waals surface area (Å²) in [5.74, 6) is 6.52. The second kappa shape index (κ2) is 7.51. The van der Waals surface area contributed by atoms with E-state index in [0.29, 0.717) is 22.5 Å². The zero-order chi connectivity index (χ0) is 16.1. The van der Waals surface area contributed by atoms with E-state index >= 15 is 0 Å². The van der Waals surface area contributed by atoms with E-state index in [1.807, 2.05) is 26.0 Å². The fourth-order valence-corrected chi connectivity index (χ4v) is 2.68. The van der Waals surface area contributed by atoms with Gasteiger partial charge >= 0.3 is 0 Å². The molecule has 2 aromatic rings. The third-order valence-corrected chi connectivity index (χ3v) is 4.28. The zero-order valence-electron chi connectivity index (χ0n) is 12.4. The summed E-state index contributed by atoms with van der Waals surface area (Å²) in [6, 6.07) is 7.17. The summed E-state index contributed by atoms with van der Waals surface area (Å²) in [6.45, 7) is 4.48. The Morgan fingerprint density at radius 3 is 2.73 bits per heavy atom. The van der Waals surface area contributed by atoms with Crippen LogP contribution in [-0.4, -0.2) is 32.6 Å². The van der Waals surface area contributed by atoms with E-state index in [1.54, 1.807) is 12.1 Å². The number of nitrogens with one attached hydrogen (secondary N) is 1. The Balaban J connectivity index is 2.11. The van der Waals surface area contributed by atoms with Crippen LogP contribution in [0.1, 0.15) is 20.3 Å². The molecule has 6 nitrogen and oxygen atoms in total. The van der Waals surface area contributed by atoms with Gasteiger partial charge in [0.05, 0.1) is 5.25 Å². The molecule has 1 atom stereocenters. The van der Waals surface area contributed by atoms with Crippen molar-refractivity contribution in [1.29, 1.82) is 0 Å². The highest BCUT2D eigenvalue weighted by molar-refractivity contribution is 8.00. The van der Waals surface area contributed by atoms with Gasteiger partial charge in [0.1, 0.15) is 0 Å². The van der Waals surface area contributed by atoms with E-state index < -0.39 is 0 Å². The highest BCUT2D eigenvalue weighted by atomic mass is 35.5. The van der Waals surface area contributed by atoms with Crippen molar-refractivity contribution in [1.82, 2.24) is 20.2 Å². The van der Waals surface area contributed by atoms with Crippen molar-refractivity contribution >= 4 is 29.3 Å². The van der Waals surface area contributed by atoms with Gasteiger partial charge in [-0.25, -0.2) is 4.68 Å². The van der Waals surface area contributed by atoms with Gasteiger partial charge in [-0.15, -0.1) is 10.2 Å². The molecule has 0 spiro atoms. The lowest BCUT2D eigenvalue weighted by molar-refractivity contribution is -0.120. The number of hydrogen-bond acceptors (Lipinski definition) is 5. The van der Waals surface area contributed by atoms with Gasteiger partial charge in [-0.3, -0.25) is 4.79 Å². The molecular weight excluding hydrogens is 322 g/mol. The van der Waals surface area contributed by atoms with Gasteiger partial charge in [0.2, 0.25) is 11.1 Å². The molecule has 0 bridgehead atoms. The fraction of sp³-hybridized carbons (Fsp3) is 0.357. The van der Waals surface area contributed by atoms with Crippen molar-refractivity contribution in [2.75, 3.05) is 12.4 Å². The molecule has 0 aliphatic heterocycles. The third-order valence-electron chi connectivity index (χ3n) is 2.97. The van der Waals surface area contributed by atoms with Crippen molar-refractivity contribution in [2.45, 2.75) is 30.7 Å². The molecule has 8 heteroatoms. The first-order chi connectivity index (χ1) is 10.5. The number of carbonyl (C=O) groups is 1. The normalized spacial score (nSPS) is 12.1. The monoisotopic (exact) mass is 339 g/mol. The summed E-state index contributed by atoms with van der Waals surface area (Å²) in [6.07, 6.45) is 0.900. The van der Waals surface area contributed by atoms with Gasteiger partial charge < -0.3 is 11.2 Å². The molecule has 1 aromatic carbocycles. The zero-order valence-corrected chi connectivity index (χ0v) is 14.0. The molecule has 0 radical (unpaired) electrons. The maximum Gasteiger partial charge on any atom is 0.233 e. The number of rotatable bonds is 6. The van der Waals surface area contributed by atoms with Gasteiger partial charge in [-0.2, -0.15) is 0 Å². The minimum absolute atomic E-state index is 0.0390. The summed E-state index contributed by atoms with van der Waals surface area (Å²) in [5.41, 5.74) is 0.814. The number of hydrogen-bond donors (Lipinski definition) is 2. The summed E-state index contributed by atoms with van der Waals surface area (Å²) in [5, 5.41) is 11.8. The van der Waals surface area contributed by atoms with E-state index in [4.69, 9.17) is 17.4 Å². The lowest BCUT2D eigenvalue weighted by atomic mass is 10.2. The number of halogens is 1. The fourth-order valence-electron chi connectivity index (χ4n) is 1.76. The number of benzene rings is 1. The van der Waals surface area contributed by atoms with Gasteiger partial charge in [-0.05, 0) is 37.6 Å². The number of nitrogen functional groups attached to an aromatic ring is 1. The largest absolute Gasteiger partial charge is 0.355 e. The average molecular weight is 340 g/mol. The van der Waals surface area contributed by atoms with E-state index in [1.165, 1.54) is 16.4 Å². The van der Waals surface area contributed by atoms with Crippen molar-refractivity contribution < 1.29 is 4.79 Å². The van der Waals surface area contributed by atoms with Crippen molar-refractivity contribution in [3.63, 3.8) is 0 Å². The van der Waals surface area contributed by atoms with Crippen LogP contribution in [0.25, 0.3) is 11.4 Å². The molecule has 2 rings (SSSR count). The Morgan fingerprint density at radius 1 is 1.41 bits per heavy atom. The maximum absolute atomic E-state index is 11.9. The van der Waals surface area contributed by atoms with Crippen molar-refractivity contribution in [3.05, 3.63) is 29.3 Å². The van der Waals surface area contributed by atoms with E-state index in [9.17, 15) is 4.79 Å². The molecule has 3 N–H and O–H groups in total. The highest BCUT2D eigenvalue weighted by Gasteiger charge is 2.19. The number of amides is 1. The van der Waals surface area contributed by atoms with Crippen LogP contribution in [0.4, 0.5) is 0 Å². The molecule has 1 heterocycles. The number of nitrogens with zero attached hydrogens (tertiary/aromatic N) is 3. The van der Waals surface area contributed by atoms with Gasteiger partial charge in [0, 0.05) is 17.1 Å². The number of nitrogens with two attached hydrogens (primary N) is 1. The summed E-state index contributed by atoms with van der Waals surface area (Å²) < 4.78 is 1.39. The van der Waals surface area contributed by atoms with Gasteiger partial charge in [0.15, 0.2) is 5.82 Å². The molecular formula is C14H18ClN5OS. The predicted octanol–water partition coefficient (Wildman–Crippen LogP) is 2.32. The standard InChI is InChI=1S/C14H18ClN5OS/c1-3-8-17-13(21)9(2)22-14-19-18-12(20(14)16)10-4-6-11(15)7-5-10/h4-7,9H,3,8,16H2,1-2H3,(H,17,21). The quantitative estimate of drug-likeness (QED) is 0.623. The Bertz CT molecular complexity index is 643. The highest BCUT2D eigenvalue weighted by Crippen LogP contribution is 2.25. The summed E-state index contributed by atoms with van der Waals surface area (Å²) in [7, 11) is 0. The number of carbonyl (C=O) groups excluding carboxylic acids is 1.